The molecular formula is C23H22F3N3O5. The van der Waals surface area contributed by atoms with E-state index in [4.69, 9.17) is 4.74 Å². The molecule has 0 saturated carbocycles. The predicted molar refractivity (Wildman–Crippen MR) is 112 cm³/mol. The first-order chi connectivity index (χ1) is 16.2. The van der Waals surface area contributed by atoms with Crippen LogP contribution in [0.1, 0.15) is 58.1 Å². The molecule has 180 valence electrons. The number of halogens is 3. The second-order valence-corrected chi connectivity index (χ2v) is 8.88. The molecule has 0 aliphatic carbocycles. The lowest BCUT2D eigenvalue weighted by Gasteiger charge is -2.57. The van der Waals surface area contributed by atoms with Crippen molar-refractivity contribution in [2.45, 2.75) is 43.8 Å². The molecular weight excluding hydrogens is 455 g/mol. The van der Waals surface area contributed by atoms with Gasteiger partial charge in [-0.15, -0.1) is 0 Å². The van der Waals surface area contributed by atoms with Crippen LogP contribution in [-0.2, 0) is 11.3 Å². The third-order valence-corrected chi connectivity index (χ3v) is 7.06. The molecule has 4 heterocycles. The molecule has 34 heavy (non-hydrogen) atoms. The van der Waals surface area contributed by atoms with Crippen LogP contribution in [0.3, 0.4) is 0 Å². The number of amides is 2. The van der Waals surface area contributed by atoms with Crippen molar-refractivity contribution in [3.63, 3.8) is 0 Å². The van der Waals surface area contributed by atoms with Crippen LogP contribution in [0, 0.1) is 17.5 Å². The minimum atomic E-state index is -1.19. The number of fused-ring (bicyclic) bond motifs is 2. The minimum absolute atomic E-state index is 0.179. The van der Waals surface area contributed by atoms with E-state index in [2.05, 4.69) is 5.32 Å². The Morgan fingerprint density at radius 2 is 1.94 bits per heavy atom. The van der Waals surface area contributed by atoms with Gasteiger partial charge in [0.1, 0.15) is 23.0 Å². The number of aromatic hydroxyl groups is 1. The summed E-state index contributed by atoms with van der Waals surface area (Å²) in [7, 11) is 0. The summed E-state index contributed by atoms with van der Waals surface area (Å²) in [6.07, 6.45) is 4.09. The third kappa shape index (κ3) is 3.29. The molecule has 1 spiro atoms. The predicted octanol–water partition coefficient (Wildman–Crippen LogP) is 2.24. The highest BCUT2D eigenvalue weighted by Gasteiger charge is 2.55. The fraction of sp³-hybridized carbons (Fsp3) is 0.435. The highest BCUT2D eigenvalue weighted by atomic mass is 19.1. The van der Waals surface area contributed by atoms with E-state index < -0.39 is 63.7 Å². The Bertz CT molecular complexity index is 1230. The third-order valence-electron chi connectivity index (χ3n) is 7.06. The minimum Gasteiger partial charge on any atom is -0.503 e. The van der Waals surface area contributed by atoms with Gasteiger partial charge in [0.05, 0.1) is 18.2 Å². The Balaban J connectivity index is 1.53. The second kappa shape index (κ2) is 8.15. The van der Waals surface area contributed by atoms with Crippen LogP contribution in [0.25, 0.3) is 0 Å². The first-order valence-electron chi connectivity index (χ1n) is 11.0. The molecule has 11 heteroatoms. The van der Waals surface area contributed by atoms with Crippen LogP contribution >= 0.6 is 0 Å². The van der Waals surface area contributed by atoms with Crippen LogP contribution in [0.2, 0.25) is 0 Å². The number of nitrogens with one attached hydrogen (secondary N) is 1. The molecule has 5 rings (SSSR count). The zero-order chi connectivity index (χ0) is 24.2. The number of rotatable bonds is 3. The van der Waals surface area contributed by atoms with Crippen LogP contribution in [0.5, 0.6) is 5.75 Å². The quantitative estimate of drug-likeness (QED) is 0.706. The smallest absolute Gasteiger partial charge is 0.275 e. The van der Waals surface area contributed by atoms with Crippen molar-refractivity contribution < 1.29 is 32.6 Å². The van der Waals surface area contributed by atoms with Gasteiger partial charge < -0.3 is 24.6 Å². The van der Waals surface area contributed by atoms with E-state index in [-0.39, 0.29) is 11.7 Å². The van der Waals surface area contributed by atoms with Gasteiger partial charge in [-0.3, -0.25) is 14.4 Å². The molecule has 2 saturated heterocycles. The average Bonchev–Trinajstić information content (AvgIpc) is 2.80. The van der Waals surface area contributed by atoms with E-state index in [0.717, 1.165) is 12.8 Å². The number of carbonyl (C=O) groups is 2. The van der Waals surface area contributed by atoms with Gasteiger partial charge in [-0.2, -0.15) is 0 Å². The first-order valence-corrected chi connectivity index (χ1v) is 11.0. The molecule has 3 aliphatic rings. The molecule has 1 aromatic heterocycles. The lowest BCUT2D eigenvalue weighted by Crippen LogP contribution is -2.66. The fourth-order valence-corrected chi connectivity index (χ4v) is 5.44. The molecule has 2 atom stereocenters. The van der Waals surface area contributed by atoms with E-state index >= 15 is 0 Å². The van der Waals surface area contributed by atoms with Gasteiger partial charge in [-0.25, -0.2) is 13.2 Å². The molecule has 8 nitrogen and oxygen atoms in total. The Morgan fingerprint density at radius 3 is 2.68 bits per heavy atom. The largest absolute Gasteiger partial charge is 0.503 e. The van der Waals surface area contributed by atoms with Crippen LogP contribution in [0.4, 0.5) is 13.2 Å². The summed E-state index contributed by atoms with van der Waals surface area (Å²) < 4.78 is 48.2. The summed E-state index contributed by atoms with van der Waals surface area (Å²) in [4.78, 5) is 40.6. The van der Waals surface area contributed by atoms with Crippen LogP contribution in [0.15, 0.2) is 23.1 Å². The number of hydrogen-bond acceptors (Lipinski definition) is 5. The summed E-state index contributed by atoms with van der Waals surface area (Å²) in [5.74, 6) is -5.81. The van der Waals surface area contributed by atoms with Gasteiger partial charge in [-0.05, 0) is 25.7 Å². The number of piperidine rings is 1. The number of nitrogens with zero attached hydrogens (tertiary/aromatic N) is 2. The van der Waals surface area contributed by atoms with Gasteiger partial charge in [0.15, 0.2) is 11.4 Å². The standard InChI is InChI=1S/C23H22F3N3O5/c24-12-7-15(25)13(16(26)8-12)9-27-21(32)14-10-28-17-3-6-34-11-23(17)4-1-2-5-29(23)22(33)18(28)20(31)19(14)30/h7-8,10,17,31H,1-6,9,11H2,(H,27,32)/t17-,23+/m0/s1. The van der Waals surface area contributed by atoms with Crippen molar-refractivity contribution in [3.8, 4) is 5.75 Å². The van der Waals surface area contributed by atoms with Gasteiger partial charge >= 0.3 is 0 Å². The van der Waals surface area contributed by atoms with E-state index in [9.17, 15) is 32.7 Å². The van der Waals surface area contributed by atoms with E-state index in [1.54, 1.807) is 4.90 Å². The Kier molecular flexibility index (Phi) is 5.38. The number of aromatic nitrogens is 1. The summed E-state index contributed by atoms with van der Waals surface area (Å²) >= 11 is 0. The normalized spacial score (nSPS) is 23.7. The molecule has 0 radical (unpaired) electrons. The van der Waals surface area contributed by atoms with Crippen molar-refractivity contribution in [3.05, 3.63) is 62.8 Å². The Labute approximate surface area is 191 Å². The molecule has 2 fully saturated rings. The molecule has 2 N–H and O–H groups in total. The zero-order valence-corrected chi connectivity index (χ0v) is 18.1. The van der Waals surface area contributed by atoms with E-state index in [1.165, 1.54) is 10.8 Å². The monoisotopic (exact) mass is 477 g/mol. The number of benzene rings is 1. The molecule has 0 bridgehead atoms. The summed E-state index contributed by atoms with van der Waals surface area (Å²) in [5.41, 5.74) is -2.93. The van der Waals surface area contributed by atoms with Gasteiger partial charge in [0.25, 0.3) is 11.8 Å². The summed E-state index contributed by atoms with van der Waals surface area (Å²) in [6.45, 7) is 0.543. The van der Waals surface area contributed by atoms with E-state index in [1.807, 2.05) is 0 Å². The van der Waals surface area contributed by atoms with Crippen LogP contribution in [-0.4, -0.2) is 51.7 Å². The Morgan fingerprint density at radius 1 is 1.21 bits per heavy atom. The number of pyridine rings is 1. The molecule has 3 aliphatic heterocycles. The maximum Gasteiger partial charge on any atom is 0.275 e. The van der Waals surface area contributed by atoms with Crippen molar-refractivity contribution in [2.24, 2.45) is 0 Å². The Hall–Kier alpha value is -3.34. The first kappa shape index (κ1) is 22.5. The number of ether oxygens (including phenoxy) is 1. The van der Waals surface area contributed by atoms with Crippen LogP contribution < -0.4 is 10.7 Å². The molecule has 2 amide bonds. The molecule has 2 aromatic rings. The molecule has 1 aromatic carbocycles. The highest BCUT2D eigenvalue weighted by Crippen LogP contribution is 2.47. The lowest BCUT2D eigenvalue weighted by molar-refractivity contribution is -0.0944. The summed E-state index contributed by atoms with van der Waals surface area (Å²) in [5, 5.41) is 12.9. The van der Waals surface area contributed by atoms with Crippen molar-refractivity contribution in [1.82, 2.24) is 14.8 Å². The zero-order valence-electron chi connectivity index (χ0n) is 18.1. The maximum absolute atomic E-state index is 13.9. The number of carbonyl (C=O) groups excluding carboxylic acids is 2. The second-order valence-electron chi connectivity index (χ2n) is 8.88. The van der Waals surface area contributed by atoms with E-state index in [0.29, 0.717) is 44.7 Å². The lowest BCUT2D eigenvalue weighted by atomic mass is 9.75. The topological polar surface area (TPSA) is 101 Å². The molecule has 0 unspecified atom stereocenters. The van der Waals surface area contributed by atoms with Crippen molar-refractivity contribution in [1.29, 1.82) is 0 Å². The summed E-state index contributed by atoms with van der Waals surface area (Å²) in [6, 6.07) is 0.645. The SMILES string of the molecule is O=C(NCc1c(F)cc(F)cc1F)c1cn2c(c(O)c1=O)C(=O)N1CCCC[C@]13COCC[C@H]23. The van der Waals surface area contributed by atoms with Gasteiger partial charge in [0, 0.05) is 43.6 Å². The van der Waals surface area contributed by atoms with Gasteiger partial charge in [-0.1, -0.05) is 0 Å². The van der Waals surface area contributed by atoms with Crippen molar-refractivity contribution in [2.75, 3.05) is 19.8 Å². The maximum atomic E-state index is 13.9. The van der Waals surface area contributed by atoms with Gasteiger partial charge in [0.2, 0.25) is 5.43 Å². The fourth-order valence-electron chi connectivity index (χ4n) is 5.44. The number of hydrogen-bond donors (Lipinski definition) is 2. The van der Waals surface area contributed by atoms with Crippen molar-refractivity contribution >= 4 is 11.8 Å². The average molecular weight is 477 g/mol. The highest BCUT2D eigenvalue weighted by molar-refractivity contribution is 5.99.